The summed E-state index contributed by atoms with van der Waals surface area (Å²) in [4.78, 5) is 5.24. The molecule has 0 radical (unpaired) electrons. The average molecular weight is 257 g/mol. The molecule has 2 aliphatic rings. The van der Waals surface area contributed by atoms with Crippen molar-refractivity contribution in [2.24, 2.45) is 5.92 Å². The number of hydroxylamine groups is 1. The van der Waals surface area contributed by atoms with E-state index in [-0.39, 0.29) is 12.0 Å². The molecule has 0 spiro atoms. The number of halogens is 3. The van der Waals surface area contributed by atoms with Crippen LogP contribution in [0.2, 0.25) is 0 Å². The minimum absolute atomic E-state index is 0.200. The molecule has 1 aromatic rings. The van der Waals surface area contributed by atoms with Crippen LogP contribution in [0.3, 0.4) is 0 Å². The van der Waals surface area contributed by atoms with Gasteiger partial charge >= 0.3 is 0 Å². The van der Waals surface area contributed by atoms with E-state index in [1.807, 2.05) is 0 Å². The van der Waals surface area contributed by atoms with Gasteiger partial charge in [0, 0.05) is 12.0 Å². The molecule has 0 unspecified atom stereocenters. The molecule has 3 atom stereocenters. The molecule has 2 fully saturated rings. The van der Waals surface area contributed by atoms with Gasteiger partial charge in [-0.1, -0.05) is 18.2 Å². The summed E-state index contributed by atoms with van der Waals surface area (Å²) in [7, 11) is 0. The monoisotopic (exact) mass is 257 g/mol. The van der Waals surface area contributed by atoms with Crippen LogP contribution in [0.5, 0.6) is 0 Å². The summed E-state index contributed by atoms with van der Waals surface area (Å²) in [5.41, 5.74) is 1.68. The smallest absolute Gasteiger partial charge is 0.255 e. The second kappa shape index (κ2) is 3.71. The van der Waals surface area contributed by atoms with E-state index in [2.05, 4.69) is 5.48 Å². The molecule has 1 heterocycles. The summed E-state index contributed by atoms with van der Waals surface area (Å²) in [5, 5.41) is 0. The van der Waals surface area contributed by atoms with Gasteiger partial charge in [-0.05, 0) is 19.4 Å². The summed E-state index contributed by atoms with van der Waals surface area (Å²) in [5.74, 6) is -4.34. The van der Waals surface area contributed by atoms with Crippen LogP contribution in [0.15, 0.2) is 24.3 Å². The van der Waals surface area contributed by atoms with Crippen molar-refractivity contribution in [3.63, 3.8) is 0 Å². The zero-order valence-corrected chi connectivity index (χ0v) is 9.92. The lowest BCUT2D eigenvalue weighted by Crippen LogP contribution is -2.46. The van der Waals surface area contributed by atoms with Crippen molar-refractivity contribution in [1.29, 1.82) is 0 Å². The molecule has 1 N–H and O–H groups in total. The molecule has 2 nitrogen and oxygen atoms in total. The topological polar surface area (TPSA) is 21.3 Å². The first-order chi connectivity index (χ1) is 8.45. The Hall–Kier alpha value is -1.07. The van der Waals surface area contributed by atoms with Crippen LogP contribution in [-0.2, 0) is 10.4 Å². The van der Waals surface area contributed by atoms with Gasteiger partial charge in [0.25, 0.3) is 5.92 Å². The minimum atomic E-state index is -2.83. The molecule has 1 aliphatic heterocycles. The van der Waals surface area contributed by atoms with Gasteiger partial charge in [-0.3, -0.25) is 4.84 Å². The van der Waals surface area contributed by atoms with Gasteiger partial charge in [-0.2, -0.15) is 5.48 Å². The molecule has 0 bridgehead atoms. The normalized spacial score (nSPS) is 37.8. The van der Waals surface area contributed by atoms with E-state index >= 15 is 0 Å². The Morgan fingerprint density at radius 1 is 1.33 bits per heavy atom. The number of rotatable bonds is 1. The van der Waals surface area contributed by atoms with Crippen LogP contribution in [0.4, 0.5) is 13.2 Å². The van der Waals surface area contributed by atoms with Crippen LogP contribution in [0.25, 0.3) is 0 Å². The molecular weight excluding hydrogens is 243 g/mol. The molecule has 18 heavy (non-hydrogen) atoms. The van der Waals surface area contributed by atoms with Gasteiger partial charge in [-0.25, -0.2) is 13.2 Å². The highest BCUT2D eigenvalue weighted by Crippen LogP contribution is 2.54. The van der Waals surface area contributed by atoms with E-state index < -0.39 is 29.3 Å². The lowest BCUT2D eigenvalue weighted by Gasteiger charge is -2.33. The maximum Gasteiger partial charge on any atom is 0.255 e. The largest absolute Gasteiger partial charge is 0.297 e. The highest BCUT2D eigenvalue weighted by atomic mass is 19.3. The second-order valence-electron chi connectivity index (χ2n) is 5.22. The van der Waals surface area contributed by atoms with Crippen LogP contribution >= 0.6 is 0 Å². The van der Waals surface area contributed by atoms with Crippen molar-refractivity contribution in [2.75, 3.05) is 0 Å². The third kappa shape index (κ3) is 1.50. The van der Waals surface area contributed by atoms with Gasteiger partial charge in [0.05, 0.1) is 17.6 Å². The summed E-state index contributed by atoms with van der Waals surface area (Å²) in [6, 6.07) is 6.00. The third-order valence-electron chi connectivity index (χ3n) is 4.07. The zero-order valence-electron chi connectivity index (χ0n) is 9.92. The van der Waals surface area contributed by atoms with E-state index in [0.717, 1.165) is 0 Å². The Morgan fingerprint density at radius 3 is 2.78 bits per heavy atom. The first kappa shape index (κ1) is 12.0. The Kier molecular flexibility index (Phi) is 2.47. The highest BCUT2D eigenvalue weighted by Gasteiger charge is 2.63. The van der Waals surface area contributed by atoms with Gasteiger partial charge < -0.3 is 0 Å². The standard InChI is InChI=1S/C13H14F3NO/c1-12(8-4-2-3-5-9(8)14)11-10(18-17-12)6-7-13(11,15)16/h2-5,10-11,17H,6-7H2,1H3/t10-,11+,12-/m0/s1. The fourth-order valence-corrected chi connectivity index (χ4v) is 3.22. The summed E-state index contributed by atoms with van der Waals surface area (Å²) in [6.45, 7) is 1.58. The molecule has 3 rings (SSSR count). The van der Waals surface area contributed by atoms with E-state index in [4.69, 9.17) is 4.84 Å². The van der Waals surface area contributed by atoms with Crippen LogP contribution in [0, 0.1) is 11.7 Å². The molecule has 98 valence electrons. The Labute approximate surface area is 103 Å². The Balaban J connectivity index is 2.08. The third-order valence-corrected chi connectivity index (χ3v) is 4.07. The van der Waals surface area contributed by atoms with Gasteiger partial charge in [0.15, 0.2) is 0 Å². The average Bonchev–Trinajstić information content (AvgIpc) is 2.81. The first-order valence-electron chi connectivity index (χ1n) is 6.01. The van der Waals surface area contributed by atoms with Crippen LogP contribution in [-0.4, -0.2) is 12.0 Å². The number of hydrogen-bond acceptors (Lipinski definition) is 2. The van der Waals surface area contributed by atoms with Crippen molar-refractivity contribution in [1.82, 2.24) is 5.48 Å². The molecule has 1 saturated carbocycles. The number of fused-ring (bicyclic) bond motifs is 1. The fraction of sp³-hybridized carbons (Fsp3) is 0.538. The van der Waals surface area contributed by atoms with Crippen molar-refractivity contribution in [2.45, 2.75) is 37.3 Å². The van der Waals surface area contributed by atoms with Gasteiger partial charge in [0.1, 0.15) is 5.82 Å². The van der Waals surface area contributed by atoms with E-state index in [0.29, 0.717) is 6.42 Å². The van der Waals surface area contributed by atoms with E-state index in [1.54, 1.807) is 19.1 Å². The predicted molar refractivity (Wildman–Crippen MR) is 59.4 cm³/mol. The highest BCUT2D eigenvalue weighted by molar-refractivity contribution is 5.29. The minimum Gasteiger partial charge on any atom is -0.297 e. The number of benzene rings is 1. The quantitative estimate of drug-likeness (QED) is 0.835. The first-order valence-corrected chi connectivity index (χ1v) is 6.01. The zero-order chi connectivity index (χ0) is 13.0. The summed E-state index contributed by atoms with van der Waals surface area (Å²) < 4.78 is 41.8. The maximum absolute atomic E-state index is 14.0. The second-order valence-corrected chi connectivity index (χ2v) is 5.22. The summed E-state index contributed by atoms with van der Waals surface area (Å²) >= 11 is 0. The van der Waals surface area contributed by atoms with Gasteiger partial charge in [0.2, 0.25) is 0 Å². The molecule has 5 heteroatoms. The van der Waals surface area contributed by atoms with Crippen molar-refractivity contribution < 1.29 is 18.0 Å². The summed E-state index contributed by atoms with van der Waals surface area (Å²) in [6.07, 6.45) is -0.451. The van der Waals surface area contributed by atoms with Crippen LogP contribution in [0.1, 0.15) is 25.3 Å². The van der Waals surface area contributed by atoms with Crippen LogP contribution < -0.4 is 5.48 Å². The van der Waals surface area contributed by atoms with Gasteiger partial charge in [-0.15, -0.1) is 0 Å². The van der Waals surface area contributed by atoms with E-state index in [9.17, 15) is 13.2 Å². The molecular formula is C13H14F3NO. The number of hydrogen-bond donors (Lipinski definition) is 1. The number of alkyl halides is 2. The molecule has 1 saturated heterocycles. The van der Waals surface area contributed by atoms with Crippen molar-refractivity contribution in [3.05, 3.63) is 35.6 Å². The Bertz CT molecular complexity index is 479. The molecule has 0 aromatic heterocycles. The maximum atomic E-state index is 14.0. The predicted octanol–water partition coefficient (Wildman–Crippen LogP) is 2.99. The Morgan fingerprint density at radius 2 is 2.06 bits per heavy atom. The SMILES string of the molecule is C[C@@]1(c2ccccc2F)NO[C@H]2CCC(F)(F)[C@H]21. The van der Waals surface area contributed by atoms with Crippen molar-refractivity contribution >= 4 is 0 Å². The lowest BCUT2D eigenvalue weighted by molar-refractivity contribution is -0.0615. The number of nitrogens with one attached hydrogen (secondary N) is 1. The fourth-order valence-electron chi connectivity index (χ4n) is 3.22. The lowest BCUT2D eigenvalue weighted by atomic mass is 9.77. The van der Waals surface area contributed by atoms with Crippen molar-refractivity contribution in [3.8, 4) is 0 Å². The molecule has 1 aliphatic carbocycles. The van der Waals surface area contributed by atoms with E-state index in [1.165, 1.54) is 12.1 Å². The molecule has 0 amide bonds. The molecule has 1 aromatic carbocycles.